The Hall–Kier alpha value is -2.91. The van der Waals surface area contributed by atoms with Gasteiger partial charge in [-0.25, -0.2) is 4.98 Å². The summed E-state index contributed by atoms with van der Waals surface area (Å²) < 4.78 is 41.8. The SMILES string of the molecule is CCN(C(=O)c1nc(C(F)(F)F)n2ccncc12)c1cnn(C)c1. The van der Waals surface area contributed by atoms with E-state index in [1.807, 2.05) is 0 Å². The molecular weight excluding hydrogens is 325 g/mol. The number of amides is 1. The highest BCUT2D eigenvalue weighted by Crippen LogP contribution is 2.30. The minimum atomic E-state index is -4.69. The molecule has 0 N–H and O–H groups in total. The number of nitrogens with zero attached hydrogens (tertiary/aromatic N) is 6. The second kappa shape index (κ2) is 5.62. The Labute approximate surface area is 134 Å². The summed E-state index contributed by atoms with van der Waals surface area (Å²) in [6.07, 6.45) is 1.89. The third-order valence-electron chi connectivity index (χ3n) is 3.47. The van der Waals surface area contributed by atoms with E-state index in [0.717, 1.165) is 10.6 Å². The molecule has 24 heavy (non-hydrogen) atoms. The first-order valence-electron chi connectivity index (χ1n) is 7.02. The van der Waals surface area contributed by atoms with Crippen molar-refractivity contribution < 1.29 is 18.0 Å². The maximum atomic E-state index is 13.2. The predicted octanol–water partition coefficient (Wildman–Crippen LogP) is 2.15. The molecule has 0 bridgehead atoms. The van der Waals surface area contributed by atoms with Gasteiger partial charge in [-0.2, -0.15) is 18.3 Å². The molecule has 0 aliphatic rings. The number of carbonyl (C=O) groups is 1. The molecule has 1 amide bonds. The van der Waals surface area contributed by atoms with E-state index < -0.39 is 17.9 Å². The Morgan fingerprint density at radius 1 is 1.33 bits per heavy atom. The molecule has 3 aromatic rings. The average molecular weight is 338 g/mol. The number of hydrogen-bond donors (Lipinski definition) is 0. The van der Waals surface area contributed by atoms with Crippen molar-refractivity contribution in [3.63, 3.8) is 0 Å². The van der Waals surface area contributed by atoms with Crippen LogP contribution in [-0.4, -0.2) is 36.6 Å². The summed E-state index contributed by atoms with van der Waals surface area (Å²) in [5.41, 5.74) is 0.168. The molecule has 0 fully saturated rings. The average Bonchev–Trinajstić information content (AvgIpc) is 3.11. The quantitative estimate of drug-likeness (QED) is 0.734. The molecule has 126 valence electrons. The van der Waals surface area contributed by atoms with Gasteiger partial charge in [0.25, 0.3) is 5.91 Å². The molecule has 3 heterocycles. The van der Waals surface area contributed by atoms with E-state index in [9.17, 15) is 18.0 Å². The molecule has 0 atom stereocenters. The molecule has 3 rings (SSSR count). The van der Waals surface area contributed by atoms with Crippen molar-refractivity contribution in [2.24, 2.45) is 7.05 Å². The zero-order valence-corrected chi connectivity index (χ0v) is 12.8. The lowest BCUT2D eigenvalue weighted by atomic mass is 10.3. The zero-order valence-electron chi connectivity index (χ0n) is 12.8. The highest BCUT2D eigenvalue weighted by atomic mass is 19.4. The first-order valence-corrected chi connectivity index (χ1v) is 7.02. The van der Waals surface area contributed by atoms with Gasteiger partial charge in [-0.3, -0.25) is 18.9 Å². The fraction of sp³-hybridized carbons (Fsp3) is 0.286. The van der Waals surface area contributed by atoms with Gasteiger partial charge in [0.15, 0.2) is 5.69 Å². The maximum absolute atomic E-state index is 13.2. The standard InChI is InChI=1S/C14H13F3N6O/c1-3-22(9-6-19-21(2)8-9)12(24)11-10-7-18-4-5-23(10)13(20-11)14(15,16)17/h4-8H,3H2,1-2H3. The lowest BCUT2D eigenvalue weighted by Gasteiger charge is -2.17. The fourth-order valence-corrected chi connectivity index (χ4v) is 2.41. The summed E-state index contributed by atoms with van der Waals surface area (Å²) in [5.74, 6) is -1.81. The number of anilines is 1. The van der Waals surface area contributed by atoms with E-state index in [0.29, 0.717) is 5.69 Å². The number of carbonyl (C=O) groups excluding carboxylic acids is 1. The third kappa shape index (κ3) is 2.59. The van der Waals surface area contributed by atoms with Crippen LogP contribution in [0.25, 0.3) is 5.52 Å². The van der Waals surface area contributed by atoms with Crippen LogP contribution in [0, 0.1) is 0 Å². The van der Waals surface area contributed by atoms with Crippen molar-refractivity contribution >= 4 is 17.1 Å². The molecule has 0 saturated heterocycles. The molecule has 10 heteroatoms. The molecule has 0 radical (unpaired) electrons. The van der Waals surface area contributed by atoms with Gasteiger partial charge in [-0.15, -0.1) is 0 Å². The first-order chi connectivity index (χ1) is 11.3. The summed E-state index contributed by atoms with van der Waals surface area (Å²) in [6.45, 7) is 1.97. The van der Waals surface area contributed by atoms with Crippen molar-refractivity contribution in [2.45, 2.75) is 13.1 Å². The van der Waals surface area contributed by atoms with Crippen molar-refractivity contribution in [3.8, 4) is 0 Å². The number of imidazole rings is 1. The zero-order chi connectivity index (χ0) is 17.5. The monoisotopic (exact) mass is 338 g/mol. The largest absolute Gasteiger partial charge is 0.450 e. The van der Waals surface area contributed by atoms with E-state index in [2.05, 4.69) is 15.1 Å². The van der Waals surface area contributed by atoms with Gasteiger partial charge in [0, 0.05) is 32.2 Å². The smallest absolute Gasteiger partial charge is 0.304 e. The Balaban J connectivity index is 2.13. The normalized spacial score (nSPS) is 11.9. The van der Waals surface area contributed by atoms with Crippen LogP contribution in [-0.2, 0) is 13.2 Å². The maximum Gasteiger partial charge on any atom is 0.450 e. The van der Waals surface area contributed by atoms with E-state index >= 15 is 0 Å². The van der Waals surface area contributed by atoms with Crippen LogP contribution >= 0.6 is 0 Å². The van der Waals surface area contributed by atoms with Gasteiger partial charge in [0.2, 0.25) is 5.82 Å². The molecule has 0 unspecified atom stereocenters. The van der Waals surface area contributed by atoms with Crippen LogP contribution < -0.4 is 4.90 Å². The predicted molar refractivity (Wildman–Crippen MR) is 78.5 cm³/mol. The van der Waals surface area contributed by atoms with Gasteiger partial charge in [0.1, 0.15) is 0 Å². The van der Waals surface area contributed by atoms with Crippen LogP contribution in [0.3, 0.4) is 0 Å². The first kappa shape index (κ1) is 16.0. The van der Waals surface area contributed by atoms with Gasteiger partial charge in [-0.1, -0.05) is 0 Å². The van der Waals surface area contributed by atoms with Gasteiger partial charge in [-0.05, 0) is 6.92 Å². The minimum absolute atomic E-state index is 0.00262. The Kier molecular flexibility index (Phi) is 3.74. The molecule has 7 nitrogen and oxygen atoms in total. The van der Waals surface area contributed by atoms with Gasteiger partial charge >= 0.3 is 6.18 Å². The summed E-state index contributed by atoms with van der Waals surface area (Å²) in [5, 5.41) is 3.97. The second-order valence-electron chi connectivity index (χ2n) is 5.03. The van der Waals surface area contributed by atoms with Crippen LogP contribution in [0.2, 0.25) is 0 Å². The molecule has 0 aliphatic heterocycles. The van der Waals surface area contributed by atoms with E-state index in [1.54, 1.807) is 20.2 Å². The summed E-state index contributed by atoms with van der Waals surface area (Å²) in [6, 6.07) is 0. The molecule has 3 aromatic heterocycles. The topological polar surface area (TPSA) is 68.3 Å². The number of hydrogen-bond acceptors (Lipinski definition) is 4. The van der Waals surface area contributed by atoms with Gasteiger partial charge in [0.05, 0.1) is 23.6 Å². The van der Waals surface area contributed by atoms with Crippen LogP contribution in [0.15, 0.2) is 31.0 Å². The fourth-order valence-electron chi connectivity index (χ4n) is 2.41. The molecule has 0 spiro atoms. The van der Waals surface area contributed by atoms with Crippen molar-refractivity contribution in [3.05, 3.63) is 42.5 Å². The number of halogens is 3. The number of aryl methyl sites for hydroxylation is 1. The third-order valence-corrected chi connectivity index (χ3v) is 3.47. The molecular formula is C14H13F3N6O. The second-order valence-corrected chi connectivity index (χ2v) is 5.03. The van der Waals surface area contributed by atoms with E-state index in [1.165, 1.54) is 28.2 Å². The van der Waals surface area contributed by atoms with Crippen LogP contribution in [0.5, 0.6) is 0 Å². The Bertz CT molecular complexity index is 897. The molecule has 0 aliphatic carbocycles. The summed E-state index contributed by atoms with van der Waals surface area (Å²) in [4.78, 5) is 21.4. The van der Waals surface area contributed by atoms with Gasteiger partial charge < -0.3 is 4.90 Å². The number of rotatable bonds is 3. The van der Waals surface area contributed by atoms with Crippen molar-refractivity contribution in [2.75, 3.05) is 11.4 Å². The minimum Gasteiger partial charge on any atom is -0.304 e. The Morgan fingerprint density at radius 2 is 2.08 bits per heavy atom. The number of fused-ring (bicyclic) bond motifs is 1. The number of alkyl halides is 3. The highest BCUT2D eigenvalue weighted by Gasteiger charge is 2.38. The molecule has 0 saturated carbocycles. The summed E-state index contributed by atoms with van der Waals surface area (Å²) >= 11 is 0. The van der Waals surface area contributed by atoms with Crippen LogP contribution in [0.4, 0.5) is 18.9 Å². The number of aromatic nitrogens is 5. The van der Waals surface area contributed by atoms with Crippen molar-refractivity contribution in [1.29, 1.82) is 0 Å². The highest BCUT2D eigenvalue weighted by molar-refractivity contribution is 6.09. The Morgan fingerprint density at radius 3 is 2.67 bits per heavy atom. The summed E-state index contributed by atoms with van der Waals surface area (Å²) in [7, 11) is 1.68. The van der Waals surface area contributed by atoms with Crippen LogP contribution in [0.1, 0.15) is 23.2 Å². The van der Waals surface area contributed by atoms with Crippen molar-refractivity contribution in [1.82, 2.24) is 24.1 Å². The van der Waals surface area contributed by atoms with E-state index in [4.69, 9.17) is 0 Å². The lowest BCUT2D eigenvalue weighted by Crippen LogP contribution is -2.31. The van der Waals surface area contributed by atoms with E-state index in [-0.39, 0.29) is 17.8 Å². The lowest BCUT2D eigenvalue weighted by molar-refractivity contribution is -0.145. The molecule has 0 aromatic carbocycles.